The molecule has 7 heteroatoms. The molecule has 1 atom stereocenters. The van der Waals surface area contributed by atoms with E-state index in [0.717, 1.165) is 31.4 Å². The topological polar surface area (TPSA) is 104 Å². The highest BCUT2D eigenvalue weighted by molar-refractivity contribution is 5.95. The van der Waals surface area contributed by atoms with Crippen LogP contribution in [0.4, 0.5) is 5.69 Å². The van der Waals surface area contributed by atoms with E-state index < -0.39 is 16.4 Å². The molecule has 1 aliphatic rings. The summed E-state index contributed by atoms with van der Waals surface area (Å²) in [6.07, 6.45) is 3.17. The smallest absolute Gasteiger partial charge is 0.310 e. The predicted molar refractivity (Wildman–Crippen MR) is 75.1 cm³/mol. The Bertz CT molecular complexity index is 546. The van der Waals surface area contributed by atoms with Crippen LogP contribution in [-0.4, -0.2) is 45.1 Å². The molecular weight excluding hydrogens is 276 g/mol. The summed E-state index contributed by atoms with van der Waals surface area (Å²) in [5.41, 5.74) is -0.168. The molecule has 1 amide bonds. The highest BCUT2D eigenvalue weighted by Crippen LogP contribution is 2.29. The van der Waals surface area contributed by atoms with Crippen LogP contribution in [0.25, 0.3) is 0 Å². The largest absolute Gasteiger partial charge is 0.502 e. The van der Waals surface area contributed by atoms with Gasteiger partial charge in [-0.3, -0.25) is 14.9 Å². The highest BCUT2D eigenvalue weighted by Gasteiger charge is 2.29. The molecule has 0 aliphatic carbocycles. The summed E-state index contributed by atoms with van der Waals surface area (Å²) in [6, 6.07) is 3.73. The van der Waals surface area contributed by atoms with Crippen LogP contribution in [0.1, 0.15) is 36.0 Å². The lowest BCUT2D eigenvalue weighted by molar-refractivity contribution is -0.385. The number of benzene rings is 1. The number of carbonyl (C=O) groups is 1. The van der Waals surface area contributed by atoms with E-state index >= 15 is 0 Å². The predicted octanol–water partition coefficient (Wildman–Crippen LogP) is 1.68. The maximum absolute atomic E-state index is 12.4. The number of hydrogen-bond donors (Lipinski definition) is 2. The SMILES string of the molecule is O=C(c1ccc([N+](=O)[O-])c(O)c1)N1CCCC1CCCO. The Balaban J connectivity index is 2.15. The second-order valence-electron chi connectivity index (χ2n) is 5.12. The van der Waals surface area contributed by atoms with E-state index in [1.807, 2.05) is 0 Å². The molecule has 1 aromatic rings. The van der Waals surface area contributed by atoms with Crippen LogP contribution in [0.15, 0.2) is 18.2 Å². The minimum atomic E-state index is -0.691. The quantitative estimate of drug-likeness (QED) is 0.635. The highest BCUT2D eigenvalue weighted by atomic mass is 16.6. The lowest BCUT2D eigenvalue weighted by Crippen LogP contribution is -2.35. The second-order valence-corrected chi connectivity index (χ2v) is 5.12. The molecule has 0 spiro atoms. The Morgan fingerprint density at radius 2 is 2.24 bits per heavy atom. The zero-order chi connectivity index (χ0) is 15.4. The Morgan fingerprint density at radius 3 is 2.86 bits per heavy atom. The van der Waals surface area contributed by atoms with Gasteiger partial charge in [0.15, 0.2) is 5.75 Å². The third-order valence-electron chi connectivity index (χ3n) is 3.75. The molecule has 0 aromatic heterocycles. The Hall–Kier alpha value is -2.15. The molecule has 0 radical (unpaired) electrons. The molecule has 1 unspecified atom stereocenters. The number of amides is 1. The molecule has 2 rings (SSSR count). The number of likely N-dealkylation sites (tertiary alicyclic amines) is 1. The summed E-state index contributed by atoms with van der Waals surface area (Å²) in [5, 5.41) is 29.2. The molecule has 1 saturated heterocycles. The molecule has 1 fully saturated rings. The number of aliphatic hydroxyl groups excluding tert-OH is 1. The fourth-order valence-electron chi connectivity index (χ4n) is 2.71. The van der Waals surface area contributed by atoms with Crippen molar-refractivity contribution >= 4 is 11.6 Å². The fraction of sp³-hybridized carbons (Fsp3) is 0.500. The van der Waals surface area contributed by atoms with Crippen molar-refractivity contribution in [2.24, 2.45) is 0 Å². The number of aliphatic hydroxyl groups is 1. The minimum Gasteiger partial charge on any atom is -0.502 e. The summed E-state index contributed by atoms with van der Waals surface area (Å²) >= 11 is 0. The lowest BCUT2D eigenvalue weighted by atomic mass is 10.1. The number of nitro groups is 1. The van der Waals surface area contributed by atoms with E-state index in [1.54, 1.807) is 4.90 Å². The first-order valence-corrected chi connectivity index (χ1v) is 6.94. The number of phenolic OH excluding ortho intramolecular Hbond substituents is 1. The summed E-state index contributed by atoms with van der Waals surface area (Å²) in [4.78, 5) is 24.1. The van der Waals surface area contributed by atoms with Crippen molar-refractivity contribution in [2.45, 2.75) is 31.7 Å². The van der Waals surface area contributed by atoms with E-state index in [2.05, 4.69) is 0 Å². The lowest BCUT2D eigenvalue weighted by Gasteiger charge is -2.24. The van der Waals surface area contributed by atoms with Crippen LogP contribution < -0.4 is 0 Å². The van der Waals surface area contributed by atoms with Crippen LogP contribution in [0.2, 0.25) is 0 Å². The molecule has 0 bridgehead atoms. The first kappa shape index (κ1) is 15.2. The van der Waals surface area contributed by atoms with E-state index in [9.17, 15) is 20.0 Å². The van der Waals surface area contributed by atoms with Gasteiger partial charge < -0.3 is 15.1 Å². The van der Waals surface area contributed by atoms with Gasteiger partial charge in [0.25, 0.3) is 5.91 Å². The number of rotatable bonds is 5. The Labute approximate surface area is 122 Å². The molecule has 21 heavy (non-hydrogen) atoms. The molecule has 1 heterocycles. The first-order valence-electron chi connectivity index (χ1n) is 6.94. The van der Waals surface area contributed by atoms with Crippen LogP contribution >= 0.6 is 0 Å². The van der Waals surface area contributed by atoms with E-state index in [0.29, 0.717) is 13.0 Å². The average molecular weight is 294 g/mol. The third kappa shape index (κ3) is 3.30. The first-order chi connectivity index (χ1) is 10.0. The number of hydrogen-bond acceptors (Lipinski definition) is 5. The van der Waals surface area contributed by atoms with Gasteiger partial charge in [-0.05, 0) is 37.8 Å². The van der Waals surface area contributed by atoms with Crippen molar-refractivity contribution in [3.8, 4) is 5.75 Å². The zero-order valence-electron chi connectivity index (χ0n) is 11.6. The fourth-order valence-corrected chi connectivity index (χ4v) is 2.71. The van der Waals surface area contributed by atoms with Gasteiger partial charge in [-0.15, -0.1) is 0 Å². The number of carbonyl (C=O) groups excluding carboxylic acids is 1. The number of aromatic hydroxyl groups is 1. The molecule has 1 aliphatic heterocycles. The molecule has 0 saturated carbocycles. The Morgan fingerprint density at radius 1 is 1.48 bits per heavy atom. The summed E-state index contributed by atoms with van der Waals surface area (Å²) in [5.74, 6) is -0.738. The van der Waals surface area contributed by atoms with Gasteiger partial charge in [0.1, 0.15) is 0 Å². The van der Waals surface area contributed by atoms with Crippen LogP contribution in [0.5, 0.6) is 5.75 Å². The average Bonchev–Trinajstić information content (AvgIpc) is 2.92. The molecule has 114 valence electrons. The van der Waals surface area contributed by atoms with Crippen LogP contribution in [0.3, 0.4) is 0 Å². The van der Waals surface area contributed by atoms with Crippen molar-refractivity contribution in [3.05, 3.63) is 33.9 Å². The summed E-state index contributed by atoms with van der Waals surface area (Å²) in [6.45, 7) is 0.726. The zero-order valence-corrected chi connectivity index (χ0v) is 11.6. The molecule has 2 N–H and O–H groups in total. The summed E-state index contributed by atoms with van der Waals surface area (Å²) in [7, 11) is 0. The standard InChI is InChI=1S/C14H18N2O5/c17-8-2-4-11-3-1-7-15(11)14(19)10-5-6-12(16(20)21)13(18)9-10/h5-6,9,11,17-18H,1-4,7-8H2. The maximum Gasteiger partial charge on any atom is 0.310 e. The van der Waals surface area contributed by atoms with Gasteiger partial charge >= 0.3 is 5.69 Å². The van der Waals surface area contributed by atoms with Gasteiger partial charge in [-0.1, -0.05) is 0 Å². The van der Waals surface area contributed by atoms with E-state index in [1.165, 1.54) is 6.07 Å². The van der Waals surface area contributed by atoms with Crippen LogP contribution in [0, 0.1) is 10.1 Å². The van der Waals surface area contributed by atoms with Crippen molar-refractivity contribution in [1.82, 2.24) is 4.90 Å². The van der Waals surface area contributed by atoms with Crippen molar-refractivity contribution in [1.29, 1.82) is 0 Å². The van der Waals surface area contributed by atoms with Gasteiger partial charge in [-0.25, -0.2) is 0 Å². The van der Waals surface area contributed by atoms with Crippen molar-refractivity contribution in [3.63, 3.8) is 0 Å². The minimum absolute atomic E-state index is 0.0852. The van der Waals surface area contributed by atoms with Gasteiger partial charge in [0.05, 0.1) is 4.92 Å². The maximum atomic E-state index is 12.4. The Kier molecular flexibility index (Phi) is 4.74. The van der Waals surface area contributed by atoms with Crippen LogP contribution in [-0.2, 0) is 0 Å². The van der Waals surface area contributed by atoms with Gasteiger partial charge in [0.2, 0.25) is 0 Å². The second kappa shape index (κ2) is 6.53. The number of nitrogens with zero attached hydrogens (tertiary/aromatic N) is 2. The van der Waals surface area contributed by atoms with Crippen molar-refractivity contribution < 1.29 is 19.9 Å². The van der Waals surface area contributed by atoms with Gasteiger partial charge in [0, 0.05) is 30.8 Å². The molecule has 7 nitrogen and oxygen atoms in total. The van der Waals surface area contributed by atoms with E-state index in [-0.39, 0.29) is 24.1 Å². The number of phenols is 1. The van der Waals surface area contributed by atoms with E-state index in [4.69, 9.17) is 5.11 Å². The number of nitro benzene ring substituents is 1. The third-order valence-corrected chi connectivity index (χ3v) is 3.75. The van der Waals surface area contributed by atoms with Gasteiger partial charge in [-0.2, -0.15) is 0 Å². The van der Waals surface area contributed by atoms with Crippen molar-refractivity contribution in [2.75, 3.05) is 13.2 Å². The normalized spacial score (nSPS) is 18.0. The summed E-state index contributed by atoms with van der Waals surface area (Å²) < 4.78 is 0. The molecular formula is C14H18N2O5. The monoisotopic (exact) mass is 294 g/mol. The molecule has 1 aromatic carbocycles.